The molecule has 26 heavy (non-hydrogen) atoms. The predicted octanol–water partition coefficient (Wildman–Crippen LogP) is 3.51. The van der Waals surface area contributed by atoms with Gasteiger partial charge in [0.15, 0.2) is 0 Å². The highest BCUT2D eigenvalue weighted by atomic mass is 16.2. The molecular formula is C21H22N2O3. The first-order valence-electron chi connectivity index (χ1n) is 8.80. The smallest absolute Gasteiger partial charge is 0.262 e. The van der Waals surface area contributed by atoms with E-state index in [2.05, 4.69) is 5.32 Å². The number of amides is 3. The highest BCUT2D eigenvalue weighted by molar-refractivity contribution is 6.23. The Morgan fingerprint density at radius 2 is 1.62 bits per heavy atom. The largest absolute Gasteiger partial charge is 0.324 e. The molecule has 1 atom stereocenters. The molecule has 1 aliphatic heterocycles. The Labute approximate surface area is 153 Å². The van der Waals surface area contributed by atoms with Gasteiger partial charge in [-0.15, -0.1) is 0 Å². The van der Waals surface area contributed by atoms with Gasteiger partial charge in [0.1, 0.15) is 6.04 Å². The lowest BCUT2D eigenvalue weighted by Gasteiger charge is -2.28. The second-order valence-electron chi connectivity index (χ2n) is 6.76. The Hall–Kier alpha value is -2.95. The molecule has 3 rings (SSSR count). The average Bonchev–Trinajstić information content (AvgIpc) is 2.87. The Balaban J connectivity index is 1.89. The van der Waals surface area contributed by atoms with Crippen LogP contribution in [-0.2, 0) is 11.2 Å². The van der Waals surface area contributed by atoms with Gasteiger partial charge in [-0.3, -0.25) is 19.3 Å². The zero-order valence-corrected chi connectivity index (χ0v) is 15.2. The summed E-state index contributed by atoms with van der Waals surface area (Å²) >= 11 is 0. The molecule has 3 amide bonds. The molecule has 5 nitrogen and oxygen atoms in total. The molecule has 0 aliphatic carbocycles. The molecule has 0 bridgehead atoms. The number of anilines is 1. The highest BCUT2D eigenvalue weighted by Gasteiger charge is 2.43. The second kappa shape index (κ2) is 7.12. The molecule has 0 radical (unpaired) electrons. The molecule has 1 unspecified atom stereocenters. The molecule has 1 heterocycles. The average molecular weight is 350 g/mol. The minimum absolute atomic E-state index is 0.216. The lowest BCUT2D eigenvalue weighted by atomic mass is 10.0. The molecule has 2 aromatic rings. The Bertz CT molecular complexity index is 838. The maximum absolute atomic E-state index is 12.9. The fraction of sp³-hybridized carbons (Fsp3) is 0.286. The first-order chi connectivity index (χ1) is 12.4. The summed E-state index contributed by atoms with van der Waals surface area (Å²) in [5.74, 6) is -1.40. The third-order valence-electron chi connectivity index (χ3n) is 4.61. The van der Waals surface area contributed by atoms with Crippen molar-refractivity contribution >= 4 is 23.4 Å². The van der Waals surface area contributed by atoms with Crippen molar-refractivity contribution in [2.45, 2.75) is 33.2 Å². The predicted molar refractivity (Wildman–Crippen MR) is 100 cm³/mol. The maximum atomic E-state index is 12.9. The van der Waals surface area contributed by atoms with Crippen LogP contribution in [0, 0.1) is 5.92 Å². The van der Waals surface area contributed by atoms with Gasteiger partial charge in [-0.25, -0.2) is 0 Å². The van der Waals surface area contributed by atoms with Crippen LogP contribution < -0.4 is 5.32 Å². The molecule has 5 heteroatoms. The molecule has 0 fully saturated rings. The van der Waals surface area contributed by atoms with Crippen LogP contribution in [0.1, 0.15) is 47.1 Å². The van der Waals surface area contributed by atoms with E-state index >= 15 is 0 Å². The van der Waals surface area contributed by atoms with E-state index in [-0.39, 0.29) is 11.8 Å². The van der Waals surface area contributed by atoms with Gasteiger partial charge in [-0.1, -0.05) is 45.0 Å². The lowest BCUT2D eigenvalue weighted by molar-refractivity contribution is -0.121. The van der Waals surface area contributed by atoms with Crippen molar-refractivity contribution in [2.75, 3.05) is 5.32 Å². The molecule has 0 spiro atoms. The number of nitrogens with one attached hydrogen (secondary N) is 1. The van der Waals surface area contributed by atoms with E-state index in [1.807, 2.05) is 39.0 Å². The van der Waals surface area contributed by atoms with Crippen LogP contribution in [0.5, 0.6) is 0 Å². The number of hydrogen-bond acceptors (Lipinski definition) is 3. The topological polar surface area (TPSA) is 66.5 Å². The minimum atomic E-state index is -0.868. The summed E-state index contributed by atoms with van der Waals surface area (Å²) in [6.45, 7) is 5.70. The van der Waals surface area contributed by atoms with Crippen LogP contribution in [0.3, 0.4) is 0 Å². The van der Waals surface area contributed by atoms with Crippen LogP contribution in [-0.4, -0.2) is 28.7 Å². The molecule has 1 N–H and O–H groups in total. The van der Waals surface area contributed by atoms with E-state index in [0.29, 0.717) is 16.8 Å². The van der Waals surface area contributed by atoms with Gasteiger partial charge in [-0.05, 0) is 42.2 Å². The molecule has 0 saturated heterocycles. The maximum Gasteiger partial charge on any atom is 0.262 e. The van der Waals surface area contributed by atoms with Gasteiger partial charge in [0, 0.05) is 5.69 Å². The van der Waals surface area contributed by atoms with E-state index in [9.17, 15) is 14.4 Å². The zero-order valence-electron chi connectivity index (χ0n) is 15.2. The summed E-state index contributed by atoms with van der Waals surface area (Å²) in [5.41, 5.74) is 2.47. The van der Waals surface area contributed by atoms with Crippen molar-refractivity contribution in [3.63, 3.8) is 0 Å². The summed E-state index contributed by atoms with van der Waals surface area (Å²) < 4.78 is 0. The first kappa shape index (κ1) is 17.9. The quantitative estimate of drug-likeness (QED) is 0.839. The van der Waals surface area contributed by atoms with Crippen molar-refractivity contribution in [3.05, 3.63) is 65.2 Å². The molecule has 0 aromatic heterocycles. The van der Waals surface area contributed by atoms with Crippen molar-refractivity contribution < 1.29 is 14.4 Å². The Kier molecular flexibility index (Phi) is 4.89. The molecule has 134 valence electrons. The number of imide groups is 1. The zero-order chi connectivity index (χ0) is 18.8. The number of benzene rings is 2. The fourth-order valence-corrected chi connectivity index (χ4v) is 3.26. The Morgan fingerprint density at radius 3 is 2.15 bits per heavy atom. The number of carbonyl (C=O) groups is 3. The number of fused-ring (bicyclic) bond motifs is 1. The van der Waals surface area contributed by atoms with Crippen LogP contribution in [0.2, 0.25) is 0 Å². The first-order valence-corrected chi connectivity index (χ1v) is 8.80. The molecule has 2 aromatic carbocycles. The van der Waals surface area contributed by atoms with Crippen LogP contribution in [0.25, 0.3) is 0 Å². The van der Waals surface area contributed by atoms with E-state index in [0.717, 1.165) is 16.9 Å². The van der Waals surface area contributed by atoms with Crippen molar-refractivity contribution in [3.8, 4) is 0 Å². The summed E-state index contributed by atoms with van der Waals surface area (Å²) in [6, 6.07) is 13.4. The van der Waals surface area contributed by atoms with E-state index in [1.54, 1.807) is 30.3 Å². The van der Waals surface area contributed by atoms with E-state index in [4.69, 9.17) is 0 Å². The summed E-state index contributed by atoms with van der Waals surface area (Å²) in [6.07, 6.45) is 0.857. The van der Waals surface area contributed by atoms with Gasteiger partial charge < -0.3 is 5.32 Å². The minimum Gasteiger partial charge on any atom is -0.324 e. The number of hydrogen-bond donors (Lipinski definition) is 1. The Morgan fingerprint density at radius 1 is 1.00 bits per heavy atom. The summed E-state index contributed by atoms with van der Waals surface area (Å²) in [4.78, 5) is 39.5. The van der Waals surface area contributed by atoms with E-state index < -0.39 is 17.9 Å². The third kappa shape index (κ3) is 3.12. The van der Waals surface area contributed by atoms with Crippen molar-refractivity contribution in [1.82, 2.24) is 4.90 Å². The van der Waals surface area contributed by atoms with Crippen LogP contribution in [0.15, 0.2) is 48.5 Å². The third-order valence-corrected chi connectivity index (χ3v) is 4.61. The standard InChI is InChI=1S/C21H22N2O3/c1-4-14-8-7-9-15(12-14)22-19(24)18(13(2)3)23-20(25)16-10-5-6-11-17(16)21(23)26/h5-13,18H,4H2,1-3H3,(H,22,24). The van der Waals surface area contributed by atoms with Crippen molar-refractivity contribution in [1.29, 1.82) is 0 Å². The van der Waals surface area contributed by atoms with Gasteiger partial charge in [-0.2, -0.15) is 0 Å². The normalized spacial score (nSPS) is 14.5. The van der Waals surface area contributed by atoms with Gasteiger partial charge in [0.25, 0.3) is 11.8 Å². The molecule has 0 saturated carbocycles. The van der Waals surface area contributed by atoms with Gasteiger partial charge in [0.05, 0.1) is 11.1 Å². The summed E-state index contributed by atoms with van der Waals surface area (Å²) in [7, 11) is 0. The van der Waals surface area contributed by atoms with Gasteiger partial charge >= 0.3 is 0 Å². The summed E-state index contributed by atoms with van der Waals surface area (Å²) in [5, 5.41) is 2.86. The number of nitrogens with zero attached hydrogens (tertiary/aromatic N) is 1. The molecular weight excluding hydrogens is 328 g/mol. The van der Waals surface area contributed by atoms with Crippen LogP contribution in [0.4, 0.5) is 5.69 Å². The van der Waals surface area contributed by atoms with E-state index in [1.165, 1.54) is 0 Å². The lowest BCUT2D eigenvalue weighted by Crippen LogP contribution is -2.50. The highest BCUT2D eigenvalue weighted by Crippen LogP contribution is 2.27. The monoisotopic (exact) mass is 350 g/mol. The number of aryl methyl sites for hydroxylation is 1. The number of rotatable bonds is 5. The van der Waals surface area contributed by atoms with Gasteiger partial charge in [0.2, 0.25) is 5.91 Å². The second-order valence-corrected chi connectivity index (χ2v) is 6.76. The van der Waals surface area contributed by atoms with Crippen molar-refractivity contribution in [2.24, 2.45) is 5.92 Å². The SMILES string of the molecule is CCc1cccc(NC(=O)C(C(C)C)N2C(=O)c3ccccc3C2=O)c1. The number of carbonyl (C=O) groups excluding carboxylic acids is 3. The molecule has 1 aliphatic rings. The fourth-order valence-electron chi connectivity index (χ4n) is 3.26. The van der Waals surface area contributed by atoms with Crippen LogP contribution >= 0.6 is 0 Å².